The highest BCUT2D eigenvalue weighted by molar-refractivity contribution is 5.79. The van der Waals surface area contributed by atoms with Crippen LogP contribution in [0, 0.1) is 0 Å². The molecule has 0 aromatic heterocycles. The Hall–Kier alpha value is -0.850. The highest BCUT2D eigenvalue weighted by Crippen LogP contribution is 2.24. The van der Waals surface area contributed by atoms with Gasteiger partial charge in [0.25, 0.3) is 0 Å². The van der Waals surface area contributed by atoms with Gasteiger partial charge in [-0.3, -0.25) is 15.3 Å². The number of piperazine rings is 1. The molecule has 0 aromatic rings. The second kappa shape index (κ2) is 7.81. The average Bonchev–Trinajstić information content (AvgIpc) is 2.89. The molecule has 0 radical (unpaired) electrons. The van der Waals surface area contributed by atoms with Gasteiger partial charge in [0.05, 0.1) is 0 Å². The zero-order valence-corrected chi connectivity index (χ0v) is 12.8. The third kappa shape index (κ3) is 3.84. The van der Waals surface area contributed by atoms with Crippen molar-refractivity contribution in [1.29, 1.82) is 0 Å². The summed E-state index contributed by atoms with van der Waals surface area (Å²) in [7, 11) is 0. The fourth-order valence-corrected chi connectivity index (χ4v) is 3.20. The summed E-state index contributed by atoms with van der Waals surface area (Å²) in [4.78, 5) is 9.54. The number of guanidine groups is 1. The van der Waals surface area contributed by atoms with E-state index in [-0.39, 0.29) is 0 Å². The molecular weight excluding hydrogens is 254 g/mol. The molecule has 2 rings (SSSR count). The Morgan fingerprint density at radius 2 is 2.30 bits per heavy atom. The normalized spacial score (nSPS) is 27.8. The third-order valence-corrected chi connectivity index (χ3v) is 4.25. The monoisotopic (exact) mass is 283 g/mol. The van der Waals surface area contributed by atoms with Crippen molar-refractivity contribution in [1.82, 2.24) is 15.2 Å². The number of fused-ring (bicyclic) bond motifs is 1. The molecule has 6 heteroatoms. The topological polar surface area (TPSA) is 66.1 Å². The summed E-state index contributed by atoms with van der Waals surface area (Å²) in [6.07, 6.45) is 3.56. The molecule has 2 atom stereocenters. The van der Waals surface area contributed by atoms with Crippen molar-refractivity contribution in [2.75, 3.05) is 39.4 Å². The molecule has 0 spiro atoms. The molecule has 2 saturated heterocycles. The number of aliphatic imine (C=N–C) groups is 1. The summed E-state index contributed by atoms with van der Waals surface area (Å²) in [6.45, 7) is 9.97. The summed E-state index contributed by atoms with van der Waals surface area (Å²) in [5, 5.41) is 0. The number of hydrogen-bond acceptors (Lipinski definition) is 4. The lowest BCUT2D eigenvalue weighted by Gasteiger charge is -2.43. The second-order valence-corrected chi connectivity index (χ2v) is 5.69. The van der Waals surface area contributed by atoms with Crippen molar-refractivity contribution >= 4 is 5.96 Å². The van der Waals surface area contributed by atoms with Crippen LogP contribution >= 0.6 is 0 Å². The quantitative estimate of drug-likeness (QED) is 0.251. The average molecular weight is 283 g/mol. The van der Waals surface area contributed by atoms with E-state index in [4.69, 9.17) is 10.6 Å². The summed E-state index contributed by atoms with van der Waals surface area (Å²) in [5.41, 5.74) is 2.79. The molecule has 3 N–H and O–H groups in total. The summed E-state index contributed by atoms with van der Waals surface area (Å²) in [5.74, 6) is 6.51. The number of rotatable bonds is 5. The molecule has 2 aliphatic rings. The van der Waals surface area contributed by atoms with E-state index in [1.54, 1.807) is 0 Å². The van der Waals surface area contributed by atoms with E-state index in [0.29, 0.717) is 12.1 Å². The number of hydrogen-bond donors (Lipinski definition) is 2. The van der Waals surface area contributed by atoms with Crippen molar-refractivity contribution in [2.45, 2.75) is 45.2 Å². The number of hydrazine groups is 1. The van der Waals surface area contributed by atoms with Gasteiger partial charge in [0.1, 0.15) is 0 Å². The fraction of sp³-hybridized carbons (Fsp3) is 0.929. The van der Waals surface area contributed by atoms with E-state index in [9.17, 15) is 0 Å². The Balaban J connectivity index is 1.87. The maximum Gasteiger partial charge on any atom is 0.208 e. The van der Waals surface area contributed by atoms with Crippen LogP contribution in [-0.2, 0) is 4.74 Å². The SMILES string of the molecule is CCOCCCN=C(NN)N1CC2CCCN2CC1C. The van der Waals surface area contributed by atoms with Gasteiger partial charge in [-0.05, 0) is 39.7 Å². The van der Waals surface area contributed by atoms with Crippen LogP contribution in [0.5, 0.6) is 0 Å². The van der Waals surface area contributed by atoms with Gasteiger partial charge in [0.2, 0.25) is 5.96 Å². The van der Waals surface area contributed by atoms with Crippen molar-refractivity contribution < 1.29 is 4.74 Å². The Kier molecular flexibility index (Phi) is 6.06. The molecule has 2 aliphatic heterocycles. The van der Waals surface area contributed by atoms with Gasteiger partial charge in [-0.15, -0.1) is 0 Å². The van der Waals surface area contributed by atoms with E-state index in [2.05, 4.69) is 27.1 Å². The van der Waals surface area contributed by atoms with Gasteiger partial charge in [-0.1, -0.05) is 0 Å². The maximum absolute atomic E-state index is 5.68. The molecular formula is C14H29N5O. The van der Waals surface area contributed by atoms with Crippen LogP contribution in [0.3, 0.4) is 0 Å². The summed E-state index contributed by atoms with van der Waals surface area (Å²) < 4.78 is 5.33. The van der Waals surface area contributed by atoms with Gasteiger partial charge < -0.3 is 9.64 Å². The molecule has 116 valence electrons. The Bertz CT molecular complexity index is 323. The van der Waals surface area contributed by atoms with Gasteiger partial charge in [-0.25, -0.2) is 5.84 Å². The molecule has 0 aromatic carbocycles. The van der Waals surface area contributed by atoms with E-state index >= 15 is 0 Å². The zero-order chi connectivity index (χ0) is 14.4. The third-order valence-electron chi connectivity index (χ3n) is 4.25. The lowest BCUT2D eigenvalue weighted by Crippen LogP contribution is -2.60. The molecule has 2 unspecified atom stereocenters. The molecule has 20 heavy (non-hydrogen) atoms. The molecule has 2 heterocycles. The van der Waals surface area contributed by atoms with Crippen LogP contribution in [-0.4, -0.2) is 67.2 Å². The zero-order valence-electron chi connectivity index (χ0n) is 12.8. The first kappa shape index (κ1) is 15.5. The van der Waals surface area contributed by atoms with Gasteiger partial charge in [0, 0.05) is 44.9 Å². The minimum Gasteiger partial charge on any atom is -0.382 e. The molecule has 0 saturated carbocycles. The van der Waals surface area contributed by atoms with Gasteiger partial charge in [-0.2, -0.15) is 0 Å². The summed E-state index contributed by atoms with van der Waals surface area (Å²) >= 11 is 0. The van der Waals surface area contributed by atoms with Crippen LogP contribution in [0.25, 0.3) is 0 Å². The highest BCUT2D eigenvalue weighted by Gasteiger charge is 2.35. The van der Waals surface area contributed by atoms with E-state index < -0.39 is 0 Å². The Morgan fingerprint density at radius 3 is 3.05 bits per heavy atom. The van der Waals surface area contributed by atoms with Crippen LogP contribution in [0.4, 0.5) is 0 Å². The minimum absolute atomic E-state index is 0.464. The van der Waals surface area contributed by atoms with E-state index in [1.807, 2.05) is 6.92 Å². The fourth-order valence-electron chi connectivity index (χ4n) is 3.20. The standard InChI is InChI=1S/C14H29N5O/c1-3-20-9-5-7-16-14(17-15)19-11-13-6-4-8-18(13)10-12(19)2/h12-13H,3-11,15H2,1-2H3,(H,16,17). The van der Waals surface area contributed by atoms with Gasteiger partial charge in [0.15, 0.2) is 0 Å². The first-order chi connectivity index (χ1) is 9.76. The largest absolute Gasteiger partial charge is 0.382 e. The highest BCUT2D eigenvalue weighted by atomic mass is 16.5. The predicted molar refractivity (Wildman–Crippen MR) is 81.5 cm³/mol. The number of nitrogens with two attached hydrogens (primary N) is 1. The second-order valence-electron chi connectivity index (χ2n) is 5.69. The number of nitrogens with zero attached hydrogens (tertiary/aromatic N) is 3. The van der Waals surface area contributed by atoms with Crippen molar-refractivity contribution in [3.8, 4) is 0 Å². The van der Waals surface area contributed by atoms with E-state index in [0.717, 1.165) is 45.2 Å². The number of nitrogens with one attached hydrogen (secondary N) is 1. The maximum atomic E-state index is 5.68. The molecule has 0 aliphatic carbocycles. The van der Waals surface area contributed by atoms with Crippen molar-refractivity contribution in [3.63, 3.8) is 0 Å². The smallest absolute Gasteiger partial charge is 0.208 e. The van der Waals surface area contributed by atoms with Crippen LogP contribution < -0.4 is 11.3 Å². The first-order valence-corrected chi connectivity index (χ1v) is 7.85. The van der Waals surface area contributed by atoms with Gasteiger partial charge >= 0.3 is 0 Å². The molecule has 2 fully saturated rings. The van der Waals surface area contributed by atoms with Crippen LogP contribution in [0.15, 0.2) is 4.99 Å². The van der Waals surface area contributed by atoms with E-state index in [1.165, 1.54) is 19.4 Å². The van der Waals surface area contributed by atoms with Crippen LogP contribution in [0.1, 0.15) is 33.1 Å². The molecule has 6 nitrogen and oxygen atoms in total. The Labute approximate surface area is 122 Å². The number of ether oxygens (including phenoxy) is 1. The minimum atomic E-state index is 0.464. The lowest BCUT2D eigenvalue weighted by atomic mass is 10.1. The Morgan fingerprint density at radius 1 is 1.45 bits per heavy atom. The first-order valence-electron chi connectivity index (χ1n) is 7.85. The molecule has 0 amide bonds. The lowest BCUT2D eigenvalue weighted by molar-refractivity contribution is 0.106. The van der Waals surface area contributed by atoms with Crippen molar-refractivity contribution in [3.05, 3.63) is 0 Å². The summed E-state index contributed by atoms with van der Waals surface area (Å²) in [6, 6.07) is 1.14. The van der Waals surface area contributed by atoms with Crippen LogP contribution in [0.2, 0.25) is 0 Å². The van der Waals surface area contributed by atoms with Crippen molar-refractivity contribution in [2.24, 2.45) is 10.8 Å². The predicted octanol–water partition coefficient (Wildman–Crippen LogP) is 0.401. The molecule has 0 bridgehead atoms.